The van der Waals surface area contributed by atoms with Crippen LogP contribution in [0.5, 0.6) is 0 Å². The fourth-order valence-electron chi connectivity index (χ4n) is 2.90. The molecule has 4 heteroatoms. The van der Waals surface area contributed by atoms with Crippen LogP contribution in [0.4, 0.5) is 0 Å². The largest absolute Gasteiger partial charge is 0.385 e. The van der Waals surface area contributed by atoms with Crippen LogP contribution >= 0.6 is 0 Å². The van der Waals surface area contributed by atoms with Crippen LogP contribution in [0.25, 0.3) is 0 Å². The number of fused-ring (bicyclic) bond motifs is 1. The summed E-state index contributed by atoms with van der Waals surface area (Å²) in [7, 11) is 1.60. The summed E-state index contributed by atoms with van der Waals surface area (Å²) in [4.78, 5) is 10.0. The first-order chi connectivity index (χ1) is 9.69. The summed E-state index contributed by atoms with van der Waals surface area (Å²) in [5, 5.41) is 0. The zero-order valence-corrected chi connectivity index (χ0v) is 13.1. The fourth-order valence-corrected chi connectivity index (χ4v) is 2.90. The van der Waals surface area contributed by atoms with E-state index < -0.39 is 0 Å². The molecule has 2 N–H and O–H groups in total. The number of nitrogens with two attached hydrogens (primary N) is 1. The third-order valence-corrected chi connectivity index (χ3v) is 4.24. The SMILES string of the molecule is CCCCOCC1CCC2CC12.COCCCC(N)=O. The van der Waals surface area contributed by atoms with Gasteiger partial charge in [-0.2, -0.15) is 0 Å². The maximum absolute atomic E-state index is 10.0. The second kappa shape index (κ2) is 10.2. The molecular weight excluding hydrogens is 254 g/mol. The summed E-state index contributed by atoms with van der Waals surface area (Å²) in [6, 6.07) is 0. The number of carbonyl (C=O) groups excluding carboxylic acids is 1. The first kappa shape index (κ1) is 17.4. The molecule has 2 saturated carbocycles. The molecule has 0 radical (unpaired) electrons. The van der Waals surface area contributed by atoms with Crippen LogP contribution < -0.4 is 5.73 Å². The van der Waals surface area contributed by atoms with Crippen molar-refractivity contribution in [2.75, 3.05) is 26.9 Å². The zero-order chi connectivity index (χ0) is 14.8. The number of unbranched alkanes of at least 4 members (excludes halogenated alkanes) is 1. The Balaban J connectivity index is 0.000000221. The molecule has 118 valence electrons. The van der Waals surface area contributed by atoms with Gasteiger partial charge < -0.3 is 15.2 Å². The van der Waals surface area contributed by atoms with Crippen LogP contribution in [-0.2, 0) is 14.3 Å². The Morgan fingerprint density at radius 1 is 1.25 bits per heavy atom. The summed E-state index contributed by atoms with van der Waals surface area (Å²) in [5.74, 6) is 2.87. The van der Waals surface area contributed by atoms with Crippen molar-refractivity contribution >= 4 is 5.91 Å². The van der Waals surface area contributed by atoms with Crippen molar-refractivity contribution in [2.24, 2.45) is 23.5 Å². The number of ether oxygens (including phenoxy) is 2. The Hall–Kier alpha value is -0.610. The molecule has 0 aromatic rings. The van der Waals surface area contributed by atoms with Gasteiger partial charge in [0.15, 0.2) is 0 Å². The Kier molecular flexibility index (Phi) is 8.86. The van der Waals surface area contributed by atoms with E-state index in [0.717, 1.165) is 37.4 Å². The van der Waals surface area contributed by atoms with E-state index in [2.05, 4.69) is 11.7 Å². The van der Waals surface area contributed by atoms with Crippen molar-refractivity contribution < 1.29 is 14.3 Å². The number of hydrogen-bond donors (Lipinski definition) is 1. The normalized spacial score (nSPS) is 26.6. The van der Waals surface area contributed by atoms with Crippen LogP contribution in [-0.4, -0.2) is 32.8 Å². The highest BCUT2D eigenvalue weighted by atomic mass is 16.5. The highest BCUT2D eigenvalue weighted by molar-refractivity contribution is 5.73. The lowest BCUT2D eigenvalue weighted by Crippen LogP contribution is -2.10. The van der Waals surface area contributed by atoms with Crippen molar-refractivity contribution in [1.29, 1.82) is 0 Å². The van der Waals surface area contributed by atoms with Gasteiger partial charge in [-0.1, -0.05) is 13.3 Å². The van der Waals surface area contributed by atoms with E-state index >= 15 is 0 Å². The minimum atomic E-state index is -0.262. The fraction of sp³-hybridized carbons (Fsp3) is 0.938. The van der Waals surface area contributed by atoms with Gasteiger partial charge in [-0.15, -0.1) is 0 Å². The lowest BCUT2D eigenvalue weighted by Gasteiger charge is -2.11. The molecule has 2 aliphatic carbocycles. The number of primary amides is 1. The molecule has 3 atom stereocenters. The molecule has 0 bridgehead atoms. The summed E-state index contributed by atoms with van der Waals surface area (Å²) < 4.78 is 10.3. The topological polar surface area (TPSA) is 61.6 Å². The number of hydrogen-bond acceptors (Lipinski definition) is 3. The van der Waals surface area contributed by atoms with E-state index in [4.69, 9.17) is 10.5 Å². The van der Waals surface area contributed by atoms with E-state index in [1.807, 2.05) is 0 Å². The third kappa shape index (κ3) is 7.25. The lowest BCUT2D eigenvalue weighted by atomic mass is 10.1. The number of rotatable bonds is 9. The quantitative estimate of drug-likeness (QED) is 0.663. The van der Waals surface area contributed by atoms with Gasteiger partial charge in [-0.05, 0) is 49.9 Å². The molecule has 0 heterocycles. The summed E-state index contributed by atoms with van der Waals surface area (Å²) >= 11 is 0. The van der Waals surface area contributed by atoms with E-state index in [-0.39, 0.29) is 5.91 Å². The average Bonchev–Trinajstić information content (AvgIpc) is 3.10. The molecule has 20 heavy (non-hydrogen) atoms. The van der Waals surface area contributed by atoms with Gasteiger partial charge >= 0.3 is 0 Å². The highest BCUT2D eigenvalue weighted by Gasteiger charge is 2.47. The van der Waals surface area contributed by atoms with Gasteiger partial charge in [0.2, 0.25) is 5.91 Å². The highest BCUT2D eigenvalue weighted by Crippen LogP contribution is 2.55. The van der Waals surface area contributed by atoms with Gasteiger partial charge in [0.1, 0.15) is 0 Å². The molecule has 3 unspecified atom stereocenters. The van der Waals surface area contributed by atoms with Gasteiger partial charge in [-0.3, -0.25) is 4.79 Å². The molecule has 0 spiro atoms. The predicted molar refractivity (Wildman–Crippen MR) is 80.4 cm³/mol. The minimum Gasteiger partial charge on any atom is -0.385 e. The number of carbonyl (C=O) groups is 1. The molecule has 0 aromatic heterocycles. The van der Waals surface area contributed by atoms with E-state index in [0.29, 0.717) is 13.0 Å². The number of methoxy groups -OCH3 is 1. The minimum absolute atomic E-state index is 0.262. The van der Waals surface area contributed by atoms with E-state index in [1.54, 1.807) is 7.11 Å². The Labute approximate surface area is 123 Å². The van der Waals surface area contributed by atoms with Crippen LogP contribution in [0, 0.1) is 17.8 Å². The first-order valence-electron chi connectivity index (χ1n) is 8.04. The molecule has 0 saturated heterocycles. The molecule has 0 aromatic carbocycles. The predicted octanol–water partition coefficient (Wildman–Crippen LogP) is 2.75. The molecule has 2 aliphatic rings. The van der Waals surface area contributed by atoms with Crippen LogP contribution in [0.15, 0.2) is 0 Å². The van der Waals surface area contributed by atoms with Gasteiger partial charge in [-0.25, -0.2) is 0 Å². The monoisotopic (exact) mass is 285 g/mol. The molecule has 2 fully saturated rings. The molecule has 4 nitrogen and oxygen atoms in total. The average molecular weight is 285 g/mol. The number of amides is 1. The van der Waals surface area contributed by atoms with Crippen molar-refractivity contribution in [3.05, 3.63) is 0 Å². The van der Waals surface area contributed by atoms with Crippen molar-refractivity contribution in [1.82, 2.24) is 0 Å². The zero-order valence-electron chi connectivity index (χ0n) is 13.1. The van der Waals surface area contributed by atoms with Crippen molar-refractivity contribution in [3.63, 3.8) is 0 Å². The molecule has 0 aliphatic heterocycles. The second-order valence-electron chi connectivity index (χ2n) is 5.99. The maximum Gasteiger partial charge on any atom is 0.217 e. The summed E-state index contributed by atoms with van der Waals surface area (Å²) in [6.45, 7) is 4.88. The Morgan fingerprint density at radius 3 is 2.55 bits per heavy atom. The summed E-state index contributed by atoms with van der Waals surface area (Å²) in [6.07, 6.45) is 8.10. The Morgan fingerprint density at radius 2 is 2.05 bits per heavy atom. The molecular formula is C16H31NO3. The summed E-state index contributed by atoms with van der Waals surface area (Å²) in [5.41, 5.74) is 4.84. The van der Waals surface area contributed by atoms with E-state index in [1.165, 1.54) is 32.1 Å². The van der Waals surface area contributed by atoms with Gasteiger partial charge in [0, 0.05) is 33.4 Å². The van der Waals surface area contributed by atoms with E-state index in [9.17, 15) is 4.79 Å². The molecule has 2 rings (SSSR count). The van der Waals surface area contributed by atoms with Crippen molar-refractivity contribution in [3.8, 4) is 0 Å². The van der Waals surface area contributed by atoms with Crippen LogP contribution in [0.1, 0.15) is 51.9 Å². The standard InChI is InChI=1S/C11H20O.C5H11NO2/c1-2-3-6-12-8-10-5-4-9-7-11(9)10;1-8-4-2-3-5(6)7/h9-11H,2-8H2,1H3;2-4H2,1H3,(H2,6,7). The molecule has 1 amide bonds. The smallest absolute Gasteiger partial charge is 0.217 e. The lowest BCUT2D eigenvalue weighted by molar-refractivity contribution is -0.118. The van der Waals surface area contributed by atoms with Gasteiger partial charge in [0.05, 0.1) is 0 Å². The van der Waals surface area contributed by atoms with Crippen LogP contribution in [0.3, 0.4) is 0 Å². The third-order valence-electron chi connectivity index (χ3n) is 4.24. The first-order valence-corrected chi connectivity index (χ1v) is 8.04. The van der Waals surface area contributed by atoms with Gasteiger partial charge in [0.25, 0.3) is 0 Å². The Bertz CT molecular complexity index is 270. The van der Waals surface area contributed by atoms with Crippen LogP contribution in [0.2, 0.25) is 0 Å². The van der Waals surface area contributed by atoms with Crippen molar-refractivity contribution in [2.45, 2.75) is 51.9 Å². The second-order valence-corrected chi connectivity index (χ2v) is 5.99. The maximum atomic E-state index is 10.0.